The summed E-state index contributed by atoms with van der Waals surface area (Å²) in [7, 11) is -3.42. The highest BCUT2D eigenvalue weighted by atomic mass is 32.2. The molecule has 1 N–H and O–H groups in total. The van der Waals surface area contributed by atoms with Gasteiger partial charge in [0.25, 0.3) is 5.91 Å². The molecule has 4 aliphatic rings. The van der Waals surface area contributed by atoms with E-state index in [0.29, 0.717) is 17.2 Å². The van der Waals surface area contributed by atoms with Gasteiger partial charge in [0.1, 0.15) is 0 Å². The third-order valence-electron chi connectivity index (χ3n) is 7.89. The number of benzene rings is 2. The van der Waals surface area contributed by atoms with Crippen LogP contribution in [-0.4, -0.2) is 27.1 Å². The van der Waals surface area contributed by atoms with Gasteiger partial charge in [-0.25, -0.2) is 8.42 Å². The van der Waals surface area contributed by atoms with E-state index in [4.69, 9.17) is 0 Å². The Balaban J connectivity index is 1.25. The lowest BCUT2D eigenvalue weighted by molar-refractivity contribution is -0.00277. The Morgan fingerprint density at radius 3 is 2.06 bits per heavy atom. The van der Waals surface area contributed by atoms with Gasteiger partial charge >= 0.3 is 0 Å². The van der Waals surface area contributed by atoms with Crippen molar-refractivity contribution < 1.29 is 13.2 Å². The molecule has 6 rings (SSSR count). The second-order valence-electron chi connectivity index (χ2n) is 10.2. The molecule has 0 unspecified atom stereocenters. The topological polar surface area (TPSA) is 66.5 Å². The first kappa shape index (κ1) is 22.2. The Bertz CT molecular complexity index is 1110. The van der Waals surface area contributed by atoms with Gasteiger partial charge in [0.2, 0.25) is 10.0 Å². The number of amides is 1. The van der Waals surface area contributed by atoms with Crippen LogP contribution in [0, 0.1) is 23.7 Å². The fourth-order valence-corrected chi connectivity index (χ4v) is 7.67. The van der Waals surface area contributed by atoms with E-state index in [9.17, 15) is 13.2 Å². The first-order chi connectivity index (χ1) is 15.8. The van der Waals surface area contributed by atoms with Gasteiger partial charge in [-0.15, -0.1) is 6.58 Å². The highest BCUT2D eigenvalue weighted by molar-refractivity contribution is 7.92. The number of nitrogens with one attached hydrogen (secondary N) is 1. The van der Waals surface area contributed by atoms with Crippen molar-refractivity contribution in [2.45, 2.75) is 38.0 Å². The molecule has 4 saturated carbocycles. The van der Waals surface area contributed by atoms with Gasteiger partial charge in [-0.1, -0.05) is 18.2 Å². The summed E-state index contributed by atoms with van der Waals surface area (Å²) in [5, 5.41) is 2.97. The highest BCUT2D eigenvalue weighted by Crippen LogP contribution is 2.59. The lowest BCUT2D eigenvalue weighted by Crippen LogP contribution is -2.43. The van der Waals surface area contributed by atoms with E-state index >= 15 is 0 Å². The zero-order valence-electron chi connectivity index (χ0n) is 19.1. The monoisotopic (exact) mass is 464 g/mol. The SMILES string of the molecule is C=CCN(c1ccc(C(=O)Nc2ccc(C3C4CC5CC(C4)CC3C5)cc2)cc1)S(C)(=O)=O. The van der Waals surface area contributed by atoms with E-state index < -0.39 is 10.0 Å². The van der Waals surface area contributed by atoms with Gasteiger partial charge < -0.3 is 5.32 Å². The summed E-state index contributed by atoms with van der Waals surface area (Å²) in [6.45, 7) is 3.80. The van der Waals surface area contributed by atoms with Gasteiger partial charge in [-0.05, 0) is 104 Å². The molecular weight excluding hydrogens is 432 g/mol. The number of nitrogens with zero attached hydrogens (tertiary/aromatic N) is 1. The van der Waals surface area contributed by atoms with Gasteiger partial charge in [-0.3, -0.25) is 9.10 Å². The molecule has 174 valence electrons. The van der Waals surface area contributed by atoms with Crippen molar-refractivity contribution in [3.8, 4) is 0 Å². The lowest BCUT2D eigenvalue weighted by atomic mass is 9.51. The van der Waals surface area contributed by atoms with Crippen LogP contribution in [0.3, 0.4) is 0 Å². The van der Waals surface area contributed by atoms with E-state index in [1.165, 1.54) is 48.0 Å². The van der Waals surface area contributed by atoms with Crippen LogP contribution in [0.1, 0.15) is 53.9 Å². The standard InChI is InChI=1S/C27H32N2O3S/c1-3-12-29(33(2,31)32)25-10-6-21(7-11-25)27(30)28-24-8-4-20(5-9-24)26-22-14-18-13-19(16-22)17-23(26)15-18/h3-11,18-19,22-23,26H,1,12-17H2,2H3,(H,28,30). The van der Waals surface area contributed by atoms with Crippen molar-refractivity contribution in [1.29, 1.82) is 0 Å². The third-order valence-corrected chi connectivity index (χ3v) is 9.05. The van der Waals surface area contributed by atoms with E-state index in [1.54, 1.807) is 24.3 Å². The zero-order valence-corrected chi connectivity index (χ0v) is 19.9. The number of sulfonamides is 1. The van der Waals surface area contributed by atoms with Crippen LogP contribution >= 0.6 is 0 Å². The smallest absolute Gasteiger partial charge is 0.255 e. The van der Waals surface area contributed by atoms with E-state index in [-0.39, 0.29) is 12.5 Å². The molecule has 4 aliphatic carbocycles. The molecule has 4 bridgehead atoms. The van der Waals surface area contributed by atoms with Crippen LogP contribution < -0.4 is 9.62 Å². The average molecular weight is 465 g/mol. The van der Waals surface area contributed by atoms with Gasteiger partial charge in [0.05, 0.1) is 18.5 Å². The summed E-state index contributed by atoms with van der Waals surface area (Å²) in [5.74, 6) is 4.09. The normalized spacial score (nSPS) is 27.8. The van der Waals surface area contributed by atoms with Crippen molar-refractivity contribution >= 4 is 27.3 Å². The molecule has 33 heavy (non-hydrogen) atoms. The van der Waals surface area contributed by atoms with Crippen LogP contribution in [-0.2, 0) is 10.0 Å². The minimum Gasteiger partial charge on any atom is -0.322 e. The number of carbonyl (C=O) groups excluding carboxylic acids is 1. The van der Waals surface area contributed by atoms with Gasteiger partial charge in [-0.2, -0.15) is 0 Å². The van der Waals surface area contributed by atoms with Crippen LogP contribution in [0.5, 0.6) is 0 Å². The summed E-state index contributed by atoms with van der Waals surface area (Å²) in [6.07, 6.45) is 9.75. The number of rotatable bonds is 7. The molecule has 0 spiro atoms. The molecule has 2 aromatic rings. The largest absolute Gasteiger partial charge is 0.322 e. The Morgan fingerprint density at radius 1 is 0.970 bits per heavy atom. The second kappa shape index (κ2) is 8.64. The Labute approximate surface area is 196 Å². The van der Waals surface area contributed by atoms with Crippen molar-refractivity contribution in [2.75, 3.05) is 22.4 Å². The number of carbonyl (C=O) groups is 1. The molecule has 5 nitrogen and oxygen atoms in total. The van der Waals surface area contributed by atoms with Crippen molar-refractivity contribution in [3.05, 3.63) is 72.3 Å². The molecule has 4 fully saturated rings. The fraction of sp³-hybridized carbons (Fsp3) is 0.444. The van der Waals surface area contributed by atoms with E-state index in [2.05, 4.69) is 24.0 Å². The Kier molecular flexibility index (Phi) is 5.81. The first-order valence-electron chi connectivity index (χ1n) is 11.9. The first-order valence-corrected chi connectivity index (χ1v) is 13.8. The maximum Gasteiger partial charge on any atom is 0.255 e. The third kappa shape index (κ3) is 4.45. The maximum absolute atomic E-state index is 12.7. The Hall–Kier alpha value is -2.60. The molecule has 0 heterocycles. The summed E-state index contributed by atoms with van der Waals surface area (Å²) in [5.41, 5.74) is 3.19. The van der Waals surface area contributed by atoms with Gasteiger partial charge in [0, 0.05) is 11.3 Å². The molecule has 0 saturated heterocycles. The molecule has 0 aliphatic heterocycles. The molecule has 2 aromatic carbocycles. The minimum atomic E-state index is -3.42. The molecule has 0 aromatic heterocycles. The molecule has 0 atom stereocenters. The minimum absolute atomic E-state index is 0.181. The fourth-order valence-electron chi connectivity index (χ4n) is 6.79. The van der Waals surface area contributed by atoms with Gasteiger partial charge in [0.15, 0.2) is 0 Å². The van der Waals surface area contributed by atoms with Crippen LogP contribution in [0.2, 0.25) is 0 Å². The van der Waals surface area contributed by atoms with Crippen molar-refractivity contribution in [3.63, 3.8) is 0 Å². The summed E-state index contributed by atoms with van der Waals surface area (Å²) in [4.78, 5) is 12.7. The quantitative estimate of drug-likeness (QED) is 0.556. The predicted molar refractivity (Wildman–Crippen MR) is 133 cm³/mol. The number of anilines is 2. The maximum atomic E-state index is 12.7. The van der Waals surface area contributed by atoms with E-state index in [1.807, 2.05) is 12.1 Å². The number of hydrogen-bond acceptors (Lipinski definition) is 3. The summed E-state index contributed by atoms with van der Waals surface area (Å²) in [6, 6.07) is 15.0. The Morgan fingerprint density at radius 2 is 1.55 bits per heavy atom. The molecule has 0 radical (unpaired) electrons. The second-order valence-corrected chi connectivity index (χ2v) is 12.1. The number of hydrogen-bond donors (Lipinski definition) is 1. The van der Waals surface area contributed by atoms with Crippen molar-refractivity contribution in [2.24, 2.45) is 23.7 Å². The summed E-state index contributed by atoms with van der Waals surface area (Å²) >= 11 is 0. The average Bonchev–Trinajstić information content (AvgIpc) is 2.77. The summed E-state index contributed by atoms with van der Waals surface area (Å²) < 4.78 is 25.3. The zero-order chi connectivity index (χ0) is 23.2. The van der Waals surface area contributed by atoms with Crippen LogP contribution in [0.25, 0.3) is 0 Å². The lowest BCUT2D eigenvalue weighted by Gasteiger charge is -2.54. The van der Waals surface area contributed by atoms with Crippen LogP contribution in [0.4, 0.5) is 11.4 Å². The van der Waals surface area contributed by atoms with Crippen molar-refractivity contribution in [1.82, 2.24) is 0 Å². The molecular formula is C27H32N2O3S. The predicted octanol–water partition coefficient (Wildman–Crippen LogP) is 5.43. The van der Waals surface area contributed by atoms with Crippen LogP contribution in [0.15, 0.2) is 61.2 Å². The molecule has 6 heteroatoms. The van der Waals surface area contributed by atoms with E-state index in [0.717, 1.165) is 35.6 Å². The molecule has 1 amide bonds. The highest BCUT2D eigenvalue weighted by Gasteiger charge is 2.48.